The fourth-order valence-electron chi connectivity index (χ4n) is 4.43. The van der Waals surface area contributed by atoms with E-state index in [-0.39, 0.29) is 41.3 Å². The van der Waals surface area contributed by atoms with Crippen LogP contribution in [0, 0.1) is 11.8 Å². The Morgan fingerprint density at radius 1 is 1.16 bits per heavy atom. The molecule has 184 valence electrons. The highest BCUT2D eigenvalue weighted by Crippen LogP contribution is 2.22. The first-order chi connectivity index (χ1) is 14.9. The lowest BCUT2D eigenvalue weighted by Crippen LogP contribution is -2.58. The third-order valence-corrected chi connectivity index (χ3v) is 6.56. The zero-order chi connectivity index (χ0) is 24.6. The molecular formula is C25H45N3O4. The zero-order valence-corrected chi connectivity index (χ0v) is 21.4. The Morgan fingerprint density at radius 3 is 2.28 bits per heavy atom. The zero-order valence-electron chi connectivity index (χ0n) is 21.4. The van der Waals surface area contributed by atoms with E-state index < -0.39 is 12.0 Å². The van der Waals surface area contributed by atoms with Gasteiger partial charge in [-0.25, -0.2) is 4.79 Å². The van der Waals surface area contributed by atoms with Gasteiger partial charge >= 0.3 is 5.97 Å². The second-order valence-electron chi connectivity index (χ2n) is 10.0. The molecule has 1 heterocycles. The minimum absolute atomic E-state index is 0.0351. The third-order valence-electron chi connectivity index (χ3n) is 6.56. The van der Waals surface area contributed by atoms with Crippen LogP contribution in [0.3, 0.4) is 0 Å². The fourth-order valence-corrected chi connectivity index (χ4v) is 4.43. The minimum Gasteiger partial charge on any atom is -0.478 e. The van der Waals surface area contributed by atoms with Gasteiger partial charge in [-0.2, -0.15) is 0 Å². The van der Waals surface area contributed by atoms with Crippen LogP contribution < -0.4 is 5.32 Å². The molecule has 0 aromatic rings. The first kappa shape index (κ1) is 28.1. The van der Waals surface area contributed by atoms with Crippen molar-refractivity contribution >= 4 is 17.8 Å². The molecular weight excluding hydrogens is 406 g/mol. The molecule has 4 atom stereocenters. The molecule has 1 saturated heterocycles. The van der Waals surface area contributed by atoms with Crippen molar-refractivity contribution in [3.8, 4) is 0 Å². The lowest BCUT2D eigenvalue weighted by molar-refractivity contribution is -0.139. The van der Waals surface area contributed by atoms with Crippen LogP contribution in [0.1, 0.15) is 80.6 Å². The molecule has 1 fully saturated rings. The Hall–Kier alpha value is -1.89. The second kappa shape index (κ2) is 13.0. The smallest absolute Gasteiger partial charge is 0.331 e. The number of nitrogens with zero attached hydrogens (tertiary/aromatic N) is 2. The van der Waals surface area contributed by atoms with Gasteiger partial charge in [-0.1, -0.05) is 47.1 Å². The van der Waals surface area contributed by atoms with E-state index in [2.05, 4.69) is 24.1 Å². The molecule has 1 aliphatic rings. The molecule has 0 radical (unpaired) electrons. The number of hydrogen-bond donors (Lipinski definition) is 2. The standard InChI is InChI=1S/C25H45N3O4/c1-9-19(7)28-13-11-10-12-21(28)23(29)26-20(14-16(2)3)24(30)27(8)22(17(4)5)15-18(6)25(31)32/h15-17,19-22H,9-14H2,1-8H3,(H,26,29)(H,31,32)/t19?,20-,21?,22+/m0/s1. The van der Waals surface area contributed by atoms with Crippen LogP contribution in [-0.2, 0) is 14.4 Å². The Balaban J connectivity index is 3.09. The number of hydrogen-bond acceptors (Lipinski definition) is 4. The number of carboxylic acids is 1. The van der Waals surface area contributed by atoms with Gasteiger partial charge in [0.05, 0.1) is 12.1 Å². The SMILES string of the molecule is CCC(C)N1CCCCC1C(=O)N[C@@H](CC(C)C)C(=O)N(C)[C@H](C=C(C)C(=O)O)C(C)C. The molecule has 0 aromatic heterocycles. The number of carbonyl (C=O) groups excluding carboxylic acids is 2. The summed E-state index contributed by atoms with van der Waals surface area (Å²) in [5, 5.41) is 12.3. The summed E-state index contributed by atoms with van der Waals surface area (Å²) in [5.74, 6) is -0.982. The van der Waals surface area contributed by atoms with E-state index in [1.165, 1.54) is 6.92 Å². The van der Waals surface area contributed by atoms with Crippen LogP contribution >= 0.6 is 0 Å². The Morgan fingerprint density at radius 2 is 1.78 bits per heavy atom. The number of carboxylic acid groups (broad SMARTS) is 1. The monoisotopic (exact) mass is 451 g/mol. The summed E-state index contributed by atoms with van der Waals surface area (Å²) < 4.78 is 0. The maximum Gasteiger partial charge on any atom is 0.331 e. The number of amides is 2. The number of rotatable bonds is 11. The average Bonchev–Trinajstić information content (AvgIpc) is 2.74. The number of piperidine rings is 1. The van der Waals surface area contributed by atoms with Gasteiger partial charge in [0, 0.05) is 18.7 Å². The van der Waals surface area contributed by atoms with Crippen LogP contribution in [0.4, 0.5) is 0 Å². The number of aliphatic carboxylic acids is 1. The molecule has 1 rings (SSSR count). The molecule has 7 heteroatoms. The van der Waals surface area contributed by atoms with Crippen molar-refractivity contribution in [3.63, 3.8) is 0 Å². The summed E-state index contributed by atoms with van der Waals surface area (Å²) in [6.45, 7) is 14.7. The highest BCUT2D eigenvalue weighted by molar-refractivity contribution is 5.90. The van der Waals surface area contributed by atoms with Gasteiger partial charge in [0.15, 0.2) is 0 Å². The van der Waals surface area contributed by atoms with Crippen LogP contribution in [0.5, 0.6) is 0 Å². The molecule has 0 aromatic carbocycles. The highest BCUT2D eigenvalue weighted by atomic mass is 16.4. The van der Waals surface area contributed by atoms with Crippen molar-refractivity contribution in [2.75, 3.05) is 13.6 Å². The predicted molar refractivity (Wildman–Crippen MR) is 128 cm³/mol. The fraction of sp³-hybridized carbons (Fsp3) is 0.800. The van der Waals surface area contributed by atoms with E-state index >= 15 is 0 Å². The highest BCUT2D eigenvalue weighted by Gasteiger charge is 2.35. The minimum atomic E-state index is -0.994. The number of nitrogens with one attached hydrogen (secondary N) is 1. The summed E-state index contributed by atoms with van der Waals surface area (Å²) in [7, 11) is 1.70. The van der Waals surface area contributed by atoms with Gasteiger partial charge in [0.2, 0.25) is 11.8 Å². The second-order valence-corrected chi connectivity index (χ2v) is 10.0. The summed E-state index contributed by atoms with van der Waals surface area (Å²) in [5.41, 5.74) is 0.208. The molecule has 7 nitrogen and oxygen atoms in total. The first-order valence-electron chi connectivity index (χ1n) is 12.1. The van der Waals surface area contributed by atoms with Gasteiger partial charge in [-0.05, 0) is 57.9 Å². The maximum absolute atomic E-state index is 13.5. The largest absolute Gasteiger partial charge is 0.478 e. The van der Waals surface area contributed by atoms with Crippen molar-refractivity contribution < 1.29 is 19.5 Å². The quantitative estimate of drug-likeness (QED) is 0.468. The Kier molecular flexibility index (Phi) is 11.4. The predicted octanol–water partition coefficient (Wildman–Crippen LogP) is 3.68. The van der Waals surface area contributed by atoms with Crippen molar-refractivity contribution in [1.29, 1.82) is 0 Å². The normalized spacial score (nSPS) is 20.7. The molecule has 2 N–H and O–H groups in total. The number of likely N-dealkylation sites (tertiary alicyclic amines) is 1. The van der Waals surface area contributed by atoms with Gasteiger partial charge in [-0.3, -0.25) is 14.5 Å². The van der Waals surface area contributed by atoms with E-state index in [1.807, 2.05) is 27.7 Å². The van der Waals surface area contributed by atoms with Gasteiger partial charge in [-0.15, -0.1) is 0 Å². The summed E-state index contributed by atoms with van der Waals surface area (Å²) in [6, 6.07) is -0.881. The van der Waals surface area contributed by atoms with E-state index in [1.54, 1.807) is 18.0 Å². The van der Waals surface area contributed by atoms with Crippen LogP contribution in [0.25, 0.3) is 0 Å². The maximum atomic E-state index is 13.5. The van der Waals surface area contributed by atoms with Gasteiger partial charge in [0.25, 0.3) is 0 Å². The van der Waals surface area contributed by atoms with Crippen LogP contribution in [-0.4, -0.2) is 70.4 Å². The van der Waals surface area contributed by atoms with Gasteiger partial charge in [0.1, 0.15) is 6.04 Å². The average molecular weight is 452 g/mol. The molecule has 32 heavy (non-hydrogen) atoms. The van der Waals surface area contributed by atoms with E-state index in [0.29, 0.717) is 12.5 Å². The summed E-state index contributed by atoms with van der Waals surface area (Å²) >= 11 is 0. The summed E-state index contributed by atoms with van der Waals surface area (Å²) in [4.78, 5) is 42.0. The van der Waals surface area contributed by atoms with E-state index in [0.717, 1.165) is 32.2 Å². The van der Waals surface area contributed by atoms with Crippen molar-refractivity contribution in [2.24, 2.45) is 11.8 Å². The Labute approximate surface area is 194 Å². The first-order valence-corrected chi connectivity index (χ1v) is 12.1. The topological polar surface area (TPSA) is 90.0 Å². The lowest BCUT2D eigenvalue weighted by atomic mass is 9.95. The lowest BCUT2D eigenvalue weighted by Gasteiger charge is -2.39. The number of carbonyl (C=O) groups is 3. The van der Waals surface area contributed by atoms with Crippen molar-refractivity contribution in [3.05, 3.63) is 11.6 Å². The number of likely N-dealkylation sites (N-methyl/N-ethyl adjacent to an activating group) is 1. The Bertz CT molecular complexity index is 674. The summed E-state index contributed by atoms with van der Waals surface area (Å²) in [6.07, 6.45) is 6.07. The van der Waals surface area contributed by atoms with E-state index in [4.69, 9.17) is 0 Å². The van der Waals surface area contributed by atoms with Crippen LogP contribution in [0.2, 0.25) is 0 Å². The molecule has 0 bridgehead atoms. The van der Waals surface area contributed by atoms with Gasteiger partial charge < -0.3 is 15.3 Å². The van der Waals surface area contributed by atoms with Crippen molar-refractivity contribution in [2.45, 2.75) is 105 Å². The van der Waals surface area contributed by atoms with Crippen LogP contribution in [0.15, 0.2) is 11.6 Å². The molecule has 0 saturated carbocycles. The molecule has 2 unspecified atom stereocenters. The third kappa shape index (κ3) is 7.91. The molecule has 0 spiro atoms. The molecule has 2 amide bonds. The van der Waals surface area contributed by atoms with E-state index in [9.17, 15) is 19.5 Å². The molecule has 1 aliphatic heterocycles. The van der Waals surface area contributed by atoms with Crippen molar-refractivity contribution in [1.82, 2.24) is 15.1 Å². The molecule has 0 aliphatic carbocycles.